The van der Waals surface area contributed by atoms with Crippen LogP contribution in [0.3, 0.4) is 0 Å². The van der Waals surface area contributed by atoms with Gasteiger partial charge in [0.1, 0.15) is 0 Å². The Morgan fingerprint density at radius 3 is 3.00 bits per heavy atom. The summed E-state index contributed by atoms with van der Waals surface area (Å²) in [5, 5.41) is 8.07. The molecule has 0 radical (unpaired) electrons. The van der Waals surface area contributed by atoms with Crippen LogP contribution in [0.5, 0.6) is 0 Å². The number of fused-ring (bicyclic) bond motifs is 1. The molecule has 2 aliphatic rings. The molecule has 0 spiro atoms. The van der Waals surface area contributed by atoms with Gasteiger partial charge in [0.05, 0.1) is 23.7 Å². The Balaban J connectivity index is 1.75. The minimum Gasteiger partial charge on any atom is -0.369 e. The molecule has 114 valence electrons. The summed E-state index contributed by atoms with van der Waals surface area (Å²) in [7, 11) is 1.70. The zero-order valence-corrected chi connectivity index (χ0v) is 12.5. The van der Waals surface area contributed by atoms with Crippen molar-refractivity contribution in [3.05, 3.63) is 30.0 Å². The number of amides is 1. The van der Waals surface area contributed by atoms with Crippen LogP contribution in [0, 0.1) is 11.8 Å². The van der Waals surface area contributed by atoms with Crippen LogP contribution in [0.4, 0.5) is 0 Å². The molecule has 6 nitrogen and oxygen atoms in total. The van der Waals surface area contributed by atoms with E-state index in [1.807, 2.05) is 18.2 Å². The summed E-state index contributed by atoms with van der Waals surface area (Å²) in [5.74, 6) is 0.918. The van der Waals surface area contributed by atoms with E-state index in [0.29, 0.717) is 11.9 Å². The fraction of sp³-hybridized carbons (Fsp3) is 0.438. The van der Waals surface area contributed by atoms with Crippen LogP contribution in [-0.2, 0) is 4.79 Å². The first kappa shape index (κ1) is 13.3. The van der Waals surface area contributed by atoms with Gasteiger partial charge in [0.2, 0.25) is 5.91 Å². The lowest BCUT2D eigenvalue weighted by atomic mass is 9.86. The molecule has 1 aromatic heterocycles. The summed E-state index contributed by atoms with van der Waals surface area (Å²) >= 11 is 0. The van der Waals surface area contributed by atoms with Crippen molar-refractivity contribution in [2.24, 2.45) is 22.6 Å². The van der Waals surface area contributed by atoms with Gasteiger partial charge in [-0.3, -0.25) is 14.8 Å². The van der Waals surface area contributed by atoms with Gasteiger partial charge >= 0.3 is 0 Å². The number of hydrogen-bond donors (Lipinski definition) is 2. The Morgan fingerprint density at radius 2 is 2.23 bits per heavy atom. The summed E-state index contributed by atoms with van der Waals surface area (Å²) in [5.41, 5.74) is 7.91. The van der Waals surface area contributed by atoms with E-state index in [-0.39, 0.29) is 17.9 Å². The number of benzene rings is 1. The highest BCUT2D eigenvalue weighted by Crippen LogP contribution is 2.42. The van der Waals surface area contributed by atoms with Crippen molar-refractivity contribution in [3.63, 3.8) is 0 Å². The lowest BCUT2D eigenvalue weighted by molar-refractivity contribution is -0.132. The molecule has 1 fully saturated rings. The fourth-order valence-corrected chi connectivity index (χ4v) is 3.20. The number of guanidine groups is 1. The lowest BCUT2D eigenvalue weighted by Crippen LogP contribution is -2.47. The lowest BCUT2D eigenvalue weighted by Gasteiger charge is -2.33. The minimum absolute atomic E-state index is 0.0779. The number of aromatic nitrogens is 2. The van der Waals surface area contributed by atoms with Gasteiger partial charge in [-0.15, -0.1) is 0 Å². The van der Waals surface area contributed by atoms with Crippen molar-refractivity contribution in [3.8, 4) is 0 Å². The van der Waals surface area contributed by atoms with Crippen molar-refractivity contribution >= 4 is 22.8 Å². The summed E-state index contributed by atoms with van der Waals surface area (Å²) in [6.07, 6.45) is 5.13. The van der Waals surface area contributed by atoms with Crippen LogP contribution in [0.25, 0.3) is 10.9 Å². The Morgan fingerprint density at radius 1 is 1.41 bits per heavy atom. The van der Waals surface area contributed by atoms with Crippen molar-refractivity contribution < 1.29 is 4.79 Å². The molecule has 1 amide bonds. The Kier molecular flexibility index (Phi) is 2.92. The largest absolute Gasteiger partial charge is 0.369 e. The highest BCUT2D eigenvalue weighted by Gasteiger charge is 2.40. The fourth-order valence-electron chi connectivity index (χ4n) is 3.20. The molecule has 2 aromatic rings. The summed E-state index contributed by atoms with van der Waals surface area (Å²) < 4.78 is 0. The molecule has 1 aromatic carbocycles. The van der Waals surface area contributed by atoms with E-state index in [1.165, 1.54) is 17.7 Å². The molecule has 1 aliphatic heterocycles. The number of carbonyl (C=O) groups is 1. The zero-order chi connectivity index (χ0) is 15.3. The maximum atomic E-state index is 12.6. The molecule has 6 heteroatoms. The monoisotopic (exact) mass is 297 g/mol. The van der Waals surface area contributed by atoms with Crippen LogP contribution < -0.4 is 5.73 Å². The average Bonchev–Trinajstić information content (AvgIpc) is 3.21. The molecule has 2 unspecified atom stereocenters. The van der Waals surface area contributed by atoms with E-state index >= 15 is 0 Å². The van der Waals surface area contributed by atoms with E-state index in [2.05, 4.69) is 15.2 Å². The molecule has 2 heterocycles. The molecule has 3 N–H and O–H groups in total. The predicted octanol–water partition coefficient (Wildman–Crippen LogP) is 1.81. The molecular formula is C16H19N5O. The molecule has 2 atom stereocenters. The Hall–Kier alpha value is -2.37. The van der Waals surface area contributed by atoms with Crippen LogP contribution >= 0.6 is 0 Å². The van der Waals surface area contributed by atoms with Gasteiger partial charge < -0.3 is 5.73 Å². The van der Waals surface area contributed by atoms with E-state index in [0.717, 1.165) is 22.9 Å². The number of rotatable bonds is 3. The van der Waals surface area contributed by atoms with Gasteiger partial charge in [-0.2, -0.15) is 5.10 Å². The minimum atomic E-state index is -0.197. The van der Waals surface area contributed by atoms with E-state index in [1.54, 1.807) is 13.2 Å². The van der Waals surface area contributed by atoms with Gasteiger partial charge in [0, 0.05) is 12.4 Å². The van der Waals surface area contributed by atoms with Gasteiger partial charge in [-0.25, -0.2) is 4.99 Å². The first-order valence-electron chi connectivity index (χ1n) is 7.67. The smallest absolute Gasteiger partial charge is 0.234 e. The molecule has 22 heavy (non-hydrogen) atoms. The molecular weight excluding hydrogens is 278 g/mol. The van der Waals surface area contributed by atoms with Crippen LogP contribution in [0.1, 0.15) is 30.9 Å². The second-order valence-electron chi connectivity index (χ2n) is 6.33. The third-order valence-corrected chi connectivity index (χ3v) is 4.74. The highest BCUT2D eigenvalue weighted by atomic mass is 16.2. The maximum absolute atomic E-state index is 12.6. The van der Waals surface area contributed by atoms with Gasteiger partial charge in [0.25, 0.3) is 0 Å². The number of nitrogens with two attached hydrogens (primary N) is 1. The predicted molar refractivity (Wildman–Crippen MR) is 84.1 cm³/mol. The summed E-state index contributed by atoms with van der Waals surface area (Å²) in [6, 6.07) is 5.87. The van der Waals surface area contributed by atoms with E-state index in [9.17, 15) is 4.79 Å². The van der Waals surface area contributed by atoms with Crippen molar-refractivity contribution in [1.82, 2.24) is 15.1 Å². The van der Waals surface area contributed by atoms with Crippen molar-refractivity contribution in [2.45, 2.75) is 25.3 Å². The topological polar surface area (TPSA) is 87.4 Å². The molecule has 4 rings (SSSR count). The Labute approximate surface area is 128 Å². The molecule has 0 saturated heterocycles. The second kappa shape index (κ2) is 4.83. The standard InChI is InChI=1S/C16H19N5O/c1-21-15(22)12(6-9-2-3-9)14(19-16(21)17)10-4-5-11-8-18-20-13(11)7-10/h4-5,7-9,12,14H,2-3,6H2,1H3,(H2,17,19)(H,18,20). The zero-order valence-electron chi connectivity index (χ0n) is 12.5. The van der Waals surface area contributed by atoms with Crippen molar-refractivity contribution in [1.29, 1.82) is 0 Å². The number of H-pyrrole nitrogens is 1. The molecule has 1 aliphatic carbocycles. The maximum Gasteiger partial charge on any atom is 0.234 e. The SMILES string of the molecule is CN1C(=O)C(CC2CC2)C(c2ccc3cn[nH]c3c2)N=C1N. The number of aliphatic imine (C=N–C) groups is 1. The second-order valence-corrected chi connectivity index (χ2v) is 6.33. The van der Waals surface area contributed by atoms with E-state index in [4.69, 9.17) is 5.73 Å². The van der Waals surface area contributed by atoms with Gasteiger partial charge in [0.15, 0.2) is 5.96 Å². The quantitative estimate of drug-likeness (QED) is 0.905. The number of nitrogens with zero attached hydrogens (tertiary/aromatic N) is 3. The van der Waals surface area contributed by atoms with Crippen LogP contribution in [0.15, 0.2) is 29.4 Å². The van der Waals surface area contributed by atoms with Crippen LogP contribution in [-0.4, -0.2) is 34.0 Å². The van der Waals surface area contributed by atoms with Gasteiger partial charge in [-0.1, -0.05) is 25.0 Å². The number of nitrogens with one attached hydrogen (secondary N) is 1. The molecule has 1 saturated carbocycles. The summed E-state index contributed by atoms with van der Waals surface area (Å²) in [4.78, 5) is 18.7. The first-order chi connectivity index (χ1) is 10.6. The van der Waals surface area contributed by atoms with Crippen molar-refractivity contribution in [2.75, 3.05) is 7.05 Å². The third-order valence-electron chi connectivity index (χ3n) is 4.74. The number of aromatic amines is 1. The van der Waals surface area contributed by atoms with Crippen LogP contribution in [0.2, 0.25) is 0 Å². The normalized spacial score (nSPS) is 25.6. The van der Waals surface area contributed by atoms with E-state index < -0.39 is 0 Å². The van der Waals surface area contributed by atoms with Gasteiger partial charge in [-0.05, 0) is 24.0 Å². The third kappa shape index (κ3) is 2.15. The number of carbonyl (C=O) groups excluding carboxylic acids is 1. The average molecular weight is 297 g/mol. The highest BCUT2D eigenvalue weighted by molar-refractivity contribution is 5.99. The molecule has 0 bridgehead atoms. The first-order valence-corrected chi connectivity index (χ1v) is 7.67. The Bertz CT molecular complexity index is 761. The summed E-state index contributed by atoms with van der Waals surface area (Å²) in [6.45, 7) is 0. The number of hydrogen-bond acceptors (Lipinski definition) is 4.